The molecule has 1 saturated heterocycles. The SMILES string of the molecule is NC(=O)c1cccc(NC(=O)N2CCC(Cc3ccccc3)CC2)c1. The molecule has 0 saturated carbocycles. The smallest absolute Gasteiger partial charge is 0.321 e. The van der Waals surface area contributed by atoms with Crippen molar-refractivity contribution >= 4 is 17.6 Å². The van der Waals surface area contributed by atoms with Crippen LogP contribution in [0.1, 0.15) is 28.8 Å². The molecule has 0 aromatic heterocycles. The van der Waals surface area contributed by atoms with Crippen molar-refractivity contribution in [3.63, 3.8) is 0 Å². The Morgan fingerprint density at radius 2 is 1.76 bits per heavy atom. The first-order valence-corrected chi connectivity index (χ1v) is 8.61. The van der Waals surface area contributed by atoms with Crippen molar-refractivity contribution in [3.05, 3.63) is 65.7 Å². The van der Waals surface area contributed by atoms with Crippen LogP contribution in [0.5, 0.6) is 0 Å². The molecule has 130 valence electrons. The molecule has 1 aliphatic heterocycles. The maximum Gasteiger partial charge on any atom is 0.321 e. The lowest BCUT2D eigenvalue weighted by atomic mass is 9.90. The van der Waals surface area contributed by atoms with Crippen molar-refractivity contribution in [2.75, 3.05) is 18.4 Å². The summed E-state index contributed by atoms with van der Waals surface area (Å²) in [5.41, 5.74) is 7.61. The molecule has 3 amide bonds. The van der Waals surface area contributed by atoms with Gasteiger partial charge in [-0.3, -0.25) is 4.79 Å². The van der Waals surface area contributed by atoms with Gasteiger partial charge in [-0.25, -0.2) is 4.79 Å². The van der Waals surface area contributed by atoms with Crippen LogP contribution in [0.4, 0.5) is 10.5 Å². The van der Waals surface area contributed by atoms with Crippen LogP contribution < -0.4 is 11.1 Å². The summed E-state index contributed by atoms with van der Waals surface area (Å²) >= 11 is 0. The summed E-state index contributed by atoms with van der Waals surface area (Å²) in [6.45, 7) is 1.50. The maximum atomic E-state index is 12.4. The summed E-state index contributed by atoms with van der Waals surface area (Å²) in [7, 11) is 0. The van der Waals surface area contributed by atoms with E-state index in [4.69, 9.17) is 5.73 Å². The molecule has 1 aliphatic rings. The highest BCUT2D eigenvalue weighted by molar-refractivity contribution is 5.95. The summed E-state index contributed by atoms with van der Waals surface area (Å²) in [6, 6.07) is 17.1. The molecule has 1 heterocycles. The van der Waals surface area contributed by atoms with E-state index in [9.17, 15) is 9.59 Å². The normalized spacial score (nSPS) is 15.0. The van der Waals surface area contributed by atoms with Crippen molar-refractivity contribution in [2.45, 2.75) is 19.3 Å². The number of benzene rings is 2. The molecule has 2 aromatic carbocycles. The van der Waals surface area contributed by atoms with Crippen LogP contribution >= 0.6 is 0 Å². The summed E-state index contributed by atoms with van der Waals surface area (Å²) in [4.78, 5) is 25.5. The third-order valence-corrected chi connectivity index (χ3v) is 4.67. The molecule has 0 atom stereocenters. The molecule has 5 heteroatoms. The summed E-state index contributed by atoms with van der Waals surface area (Å²) in [5, 5.41) is 2.85. The first kappa shape index (κ1) is 17.0. The zero-order valence-electron chi connectivity index (χ0n) is 14.2. The van der Waals surface area contributed by atoms with Crippen LogP contribution in [-0.4, -0.2) is 29.9 Å². The third kappa shape index (κ3) is 4.59. The van der Waals surface area contributed by atoms with Crippen LogP contribution in [0.15, 0.2) is 54.6 Å². The molecule has 0 radical (unpaired) electrons. The van der Waals surface area contributed by atoms with E-state index in [1.54, 1.807) is 24.3 Å². The molecule has 0 unspecified atom stereocenters. The molecule has 25 heavy (non-hydrogen) atoms. The number of nitrogens with one attached hydrogen (secondary N) is 1. The number of nitrogens with zero attached hydrogens (tertiary/aromatic N) is 1. The molecular formula is C20H23N3O2. The van der Waals surface area contributed by atoms with E-state index < -0.39 is 5.91 Å². The van der Waals surface area contributed by atoms with Gasteiger partial charge in [-0.05, 0) is 48.9 Å². The van der Waals surface area contributed by atoms with Gasteiger partial charge in [0.2, 0.25) is 5.91 Å². The fourth-order valence-electron chi connectivity index (χ4n) is 3.24. The largest absolute Gasteiger partial charge is 0.366 e. The van der Waals surface area contributed by atoms with E-state index in [-0.39, 0.29) is 6.03 Å². The van der Waals surface area contributed by atoms with Gasteiger partial charge in [0.15, 0.2) is 0 Å². The monoisotopic (exact) mass is 337 g/mol. The van der Waals surface area contributed by atoms with Gasteiger partial charge in [-0.2, -0.15) is 0 Å². The molecule has 5 nitrogen and oxygen atoms in total. The third-order valence-electron chi connectivity index (χ3n) is 4.67. The summed E-state index contributed by atoms with van der Waals surface area (Å²) in [5.74, 6) is 0.113. The number of amides is 3. The summed E-state index contributed by atoms with van der Waals surface area (Å²) < 4.78 is 0. The van der Waals surface area contributed by atoms with E-state index in [2.05, 4.69) is 29.6 Å². The average molecular weight is 337 g/mol. The van der Waals surface area contributed by atoms with Gasteiger partial charge in [0.25, 0.3) is 0 Å². The Hall–Kier alpha value is -2.82. The molecule has 0 bridgehead atoms. The second kappa shape index (κ2) is 7.83. The predicted molar refractivity (Wildman–Crippen MR) is 98.4 cm³/mol. The highest BCUT2D eigenvalue weighted by Gasteiger charge is 2.23. The molecule has 0 spiro atoms. The number of urea groups is 1. The lowest BCUT2D eigenvalue weighted by Gasteiger charge is -2.32. The number of anilines is 1. The number of carbonyl (C=O) groups is 2. The number of primary amides is 1. The number of rotatable bonds is 4. The lowest BCUT2D eigenvalue weighted by molar-refractivity contribution is 0.1000. The zero-order valence-corrected chi connectivity index (χ0v) is 14.2. The Labute approximate surface area is 147 Å². The molecule has 2 aromatic rings. The summed E-state index contributed by atoms with van der Waals surface area (Å²) in [6.07, 6.45) is 3.07. The van der Waals surface area contributed by atoms with Gasteiger partial charge >= 0.3 is 6.03 Å². The maximum absolute atomic E-state index is 12.4. The highest BCUT2D eigenvalue weighted by Crippen LogP contribution is 2.22. The number of piperidine rings is 1. The first-order valence-electron chi connectivity index (χ1n) is 8.61. The minimum absolute atomic E-state index is 0.125. The van der Waals surface area contributed by atoms with Crippen LogP contribution in [-0.2, 0) is 6.42 Å². The predicted octanol–water partition coefficient (Wildman–Crippen LogP) is 3.27. The number of likely N-dealkylation sites (tertiary alicyclic amines) is 1. The van der Waals surface area contributed by atoms with E-state index in [0.29, 0.717) is 17.2 Å². The van der Waals surface area contributed by atoms with E-state index in [1.165, 1.54) is 5.56 Å². The quantitative estimate of drug-likeness (QED) is 0.898. The Morgan fingerprint density at radius 1 is 1.04 bits per heavy atom. The van der Waals surface area contributed by atoms with E-state index in [1.807, 2.05) is 11.0 Å². The van der Waals surface area contributed by atoms with Gasteiger partial charge in [0.05, 0.1) is 0 Å². The van der Waals surface area contributed by atoms with E-state index >= 15 is 0 Å². The van der Waals surface area contributed by atoms with Crippen molar-refractivity contribution in [1.82, 2.24) is 4.90 Å². The van der Waals surface area contributed by atoms with Gasteiger partial charge in [0, 0.05) is 24.3 Å². The number of hydrogen-bond donors (Lipinski definition) is 2. The number of carbonyl (C=O) groups excluding carboxylic acids is 2. The standard InChI is InChI=1S/C20H23N3O2/c21-19(24)17-7-4-8-18(14-17)22-20(25)23-11-9-16(10-12-23)13-15-5-2-1-3-6-15/h1-8,14,16H,9-13H2,(H2,21,24)(H,22,25). The highest BCUT2D eigenvalue weighted by atomic mass is 16.2. The Kier molecular flexibility index (Phi) is 5.33. The van der Waals surface area contributed by atoms with Crippen molar-refractivity contribution < 1.29 is 9.59 Å². The minimum atomic E-state index is -0.502. The molecule has 0 aliphatic carbocycles. The van der Waals surface area contributed by atoms with Crippen LogP contribution in [0.25, 0.3) is 0 Å². The topological polar surface area (TPSA) is 75.4 Å². The van der Waals surface area contributed by atoms with E-state index in [0.717, 1.165) is 32.4 Å². The first-order chi connectivity index (χ1) is 12.1. The Bertz CT molecular complexity index is 738. The minimum Gasteiger partial charge on any atom is -0.366 e. The van der Waals surface area contributed by atoms with Crippen molar-refractivity contribution in [3.8, 4) is 0 Å². The van der Waals surface area contributed by atoms with Crippen LogP contribution in [0.3, 0.4) is 0 Å². The molecule has 1 fully saturated rings. The van der Waals surface area contributed by atoms with Gasteiger partial charge in [0.1, 0.15) is 0 Å². The fourth-order valence-corrected chi connectivity index (χ4v) is 3.24. The van der Waals surface area contributed by atoms with Crippen molar-refractivity contribution in [2.24, 2.45) is 11.7 Å². The molecule has 3 N–H and O–H groups in total. The fraction of sp³-hybridized carbons (Fsp3) is 0.300. The zero-order chi connectivity index (χ0) is 17.6. The molecule has 3 rings (SSSR count). The van der Waals surface area contributed by atoms with Crippen molar-refractivity contribution in [1.29, 1.82) is 0 Å². The Morgan fingerprint density at radius 3 is 2.44 bits per heavy atom. The van der Waals surface area contributed by atoms with Gasteiger partial charge in [-0.15, -0.1) is 0 Å². The second-order valence-electron chi connectivity index (χ2n) is 6.50. The second-order valence-corrected chi connectivity index (χ2v) is 6.50. The number of nitrogens with two attached hydrogens (primary N) is 1. The average Bonchev–Trinajstić information content (AvgIpc) is 2.63. The number of hydrogen-bond acceptors (Lipinski definition) is 2. The lowest BCUT2D eigenvalue weighted by Crippen LogP contribution is -2.41. The Balaban J connectivity index is 1.51. The van der Waals surface area contributed by atoms with Gasteiger partial charge < -0.3 is 16.0 Å². The van der Waals surface area contributed by atoms with Gasteiger partial charge in [-0.1, -0.05) is 36.4 Å². The van der Waals surface area contributed by atoms with Crippen LogP contribution in [0, 0.1) is 5.92 Å². The molecular weight excluding hydrogens is 314 g/mol. The van der Waals surface area contributed by atoms with Crippen LogP contribution in [0.2, 0.25) is 0 Å².